The minimum Gasteiger partial charge on any atom is -0.493 e. The number of ketones is 1. The van der Waals surface area contributed by atoms with Gasteiger partial charge in [-0.25, -0.2) is 4.98 Å². The Morgan fingerprint density at radius 2 is 1.72 bits per heavy atom. The van der Waals surface area contributed by atoms with Gasteiger partial charge in [-0.15, -0.1) is 0 Å². The molecule has 2 saturated carbocycles. The van der Waals surface area contributed by atoms with Crippen molar-refractivity contribution in [3.05, 3.63) is 71.1 Å². The van der Waals surface area contributed by atoms with Crippen LogP contribution in [0, 0.1) is 18.3 Å². The average molecular weight is 530 g/mol. The predicted molar refractivity (Wildman–Crippen MR) is 159 cm³/mol. The highest BCUT2D eigenvalue weighted by Gasteiger charge is 2.33. The lowest BCUT2D eigenvalue weighted by Gasteiger charge is -2.30. The molecule has 0 unspecified atom stereocenters. The van der Waals surface area contributed by atoms with Crippen molar-refractivity contribution < 1.29 is 13.9 Å². The molecular weight excluding hydrogens is 482 g/mol. The quantitative estimate of drug-likeness (QED) is 0.263. The van der Waals surface area contributed by atoms with Crippen LogP contribution in [0.3, 0.4) is 0 Å². The first kappa shape index (κ1) is 29.1. The van der Waals surface area contributed by atoms with E-state index in [9.17, 15) is 4.79 Å². The van der Waals surface area contributed by atoms with Gasteiger partial charge in [0.1, 0.15) is 17.3 Å². The van der Waals surface area contributed by atoms with E-state index >= 15 is 0 Å². The minimum atomic E-state index is -0.106. The van der Waals surface area contributed by atoms with Gasteiger partial charge in [-0.1, -0.05) is 71.2 Å². The standard InChI is InChI=1S/C26H31NO2.C9H16O/c1-3-4-9-21-14-15-23(18-24(21)20-12-8-13-20)28-17-16-25-19(2)29-26(27-25)22-10-6-5-7-11-22;1-9(2,3)8(10)7-5-4-6-7/h5-7,10-11,14-15,18,20H,3-4,8-9,12-13,16-17H2,1-2H3;7H,4-6H2,1-3H3. The SMILES string of the molecule is CC(C)(C)C(=O)C1CCC1.CCCCc1ccc(OCCc2nc(-c3ccccc3)oc2C)cc1C1CCC1. The highest BCUT2D eigenvalue weighted by atomic mass is 16.5. The Bertz CT molecular complexity index is 1200. The zero-order valence-corrected chi connectivity index (χ0v) is 24.7. The number of rotatable bonds is 10. The van der Waals surface area contributed by atoms with E-state index in [4.69, 9.17) is 9.15 Å². The predicted octanol–water partition coefficient (Wildman–Crippen LogP) is 9.28. The normalized spacial score (nSPS) is 15.6. The molecule has 4 nitrogen and oxygen atoms in total. The number of unbranched alkanes of at least 4 members (excludes halogenated alkanes) is 1. The molecule has 0 radical (unpaired) electrons. The van der Waals surface area contributed by atoms with Crippen LogP contribution in [0.1, 0.15) is 108 Å². The molecule has 0 saturated heterocycles. The van der Waals surface area contributed by atoms with Gasteiger partial charge in [0.05, 0.1) is 12.3 Å². The molecule has 0 N–H and O–H groups in total. The summed E-state index contributed by atoms with van der Waals surface area (Å²) in [5.41, 5.74) is 4.92. The molecule has 4 heteroatoms. The first-order valence-electron chi connectivity index (χ1n) is 15.1. The fraction of sp³-hybridized carbons (Fsp3) is 0.543. The van der Waals surface area contributed by atoms with Gasteiger partial charge in [0.15, 0.2) is 0 Å². The highest BCUT2D eigenvalue weighted by Crippen LogP contribution is 2.40. The van der Waals surface area contributed by atoms with Crippen molar-refractivity contribution >= 4 is 5.78 Å². The highest BCUT2D eigenvalue weighted by molar-refractivity contribution is 5.86. The van der Waals surface area contributed by atoms with Crippen LogP contribution in [-0.2, 0) is 17.6 Å². The largest absolute Gasteiger partial charge is 0.493 e. The number of aromatic nitrogens is 1. The summed E-state index contributed by atoms with van der Waals surface area (Å²) in [5.74, 6) is 4.13. The monoisotopic (exact) mass is 529 g/mol. The number of hydrogen-bond donors (Lipinski definition) is 0. The number of carbonyl (C=O) groups is 1. The van der Waals surface area contributed by atoms with Crippen molar-refractivity contribution in [2.75, 3.05) is 6.61 Å². The summed E-state index contributed by atoms with van der Waals surface area (Å²) in [4.78, 5) is 16.1. The number of nitrogens with zero attached hydrogens (tertiary/aromatic N) is 1. The van der Waals surface area contributed by atoms with E-state index in [0.717, 1.165) is 47.9 Å². The molecule has 1 heterocycles. The van der Waals surface area contributed by atoms with E-state index < -0.39 is 0 Å². The van der Waals surface area contributed by atoms with Gasteiger partial charge in [-0.05, 0) is 86.8 Å². The van der Waals surface area contributed by atoms with Gasteiger partial charge in [0, 0.05) is 23.3 Å². The summed E-state index contributed by atoms with van der Waals surface area (Å²) in [7, 11) is 0. The number of aryl methyl sites for hydroxylation is 2. The second-order valence-corrected chi connectivity index (χ2v) is 12.3. The van der Waals surface area contributed by atoms with Crippen molar-refractivity contribution in [3.8, 4) is 17.2 Å². The van der Waals surface area contributed by atoms with Crippen LogP contribution in [0.15, 0.2) is 52.9 Å². The smallest absolute Gasteiger partial charge is 0.226 e. The van der Waals surface area contributed by atoms with Crippen LogP contribution in [-0.4, -0.2) is 17.4 Å². The van der Waals surface area contributed by atoms with Gasteiger partial charge < -0.3 is 9.15 Å². The molecule has 210 valence electrons. The fourth-order valence-electron chi connectivity index (χ4n) is 5.27. The Labute approximate surface area is 235 Å². The summed E-state index contributed by atoms with van der Waals surface area (Å²) in [5, 5.41) is 0. The van der Waals surface area contributed by atoms with Crippen LogP contribution in [0.2, 0.25) is 0 Å². The van der Waals surface area contributed by atoms with Crippen molar-refractivity contribution in [1.82, 2.24) is 4.98 Å². The summed E-state index contributed by atoms with van der Waals surface area (Å²) in [6.45, 7) is 10.9. The van der Waals surface area contributed by atoms with E-state index in [-0.39, 0.29) is 5.41 Å². The number of carbonyl (C=O) groups excluding carboxylic acids is 1. The summed E-state index contributed by atoms with van der Waals surface area (Å²) >= 11 is 0. The molecule has 2 aliphatic rings. The number of ether oxygens (including phenoxy) is 1. The van der Waals surface area contributed by atoms with Crippen molar-refractivity contribution in [3.63, 3.8) is 0 Å². The van der Waals surface area contributed by atoms with Gasteiger partial charge in [-0.3, -0.25) is 4.79 Å². The number of oxazole rings is 1. The number of hydrogen-bond acceptors (Lipinski definition) is 4. The lowest BCUT2D eigenvalue weighted by atomic mass is 9.73. The average Bonchev–Trinajstić information content (AvgIpc) is 3.22. The van der Waals surface area contributed by atoms with Gasteiger partial charge in [0.25, 0.3) is 0 Å². The molecule has 3 aromatic rings. The zero-order valence-electron chi connectivity index (χ0n) is 24.7. The third kappa shape index (κ3) is 7.84. The molecule has 2 fully saturated rings. The lowest BCUT2D eigenvalue weighted by molar-refractivity contribution is -0.132. The Balaban J connectivity index is 0.000000298. The molecule has 0 spiro atoms. The maximum absolute atomic E-state index is 11.4. The van der Waals surface area contributed by atoms with Gasteiger partial charge in [0.2, 0.25) is 5.89 Å². The van der Waals surface area contributed by atoms with Gasteiger partial charge >= 0.3 is 0 Å². The van der Waals surface area contributed by atoms with E-state index in [1.54, 1.807) is 0 Å². The third-order valence-electron chi connectivity index (χ3n) is 8.20. The first-order valence-corrected chi connectivity index (χ1v) is 15.1. The van der Waals surface area contributed by atoms with Crippen LogP contribution in [0.4, 0.5) is 0 Å². The van der Waals surface area contributed by atoms with E-state index in [1.807, 2.05) is 58.0 Å². The topological polar surface area (TPSA) is 52.3 Å². The van der Waals surface area contributed by atoms with Crippen LogP contribution in [0.5, 0.6) is 5.75 Å². The summed E-state index contributed by atoms with van der Waals surface area (Å²) < 4.78 is 12.0. The zero-order chi connectivity index (χ0) is 27.8. The molecule has 0 bridgehead atoms. The molecule has 1 aromatic heterocycles. The second-order valence-electron chi connectivity index (χ2n) is 12.3. The molecule has 0 amide bonds. The van der Waals surface area contributed by atoms with E-state index in [2.05, 4.69) is 30.1 Å². The van der Waals surface area contributed by atoms with E-state index in [1.165, 1.54) is 56.1 Å². The number of Topliss-reactive ketones (excluding diaryl/α,β-unsaturated/α-hetero) is 1. The Morgan fingerprint density at radius 3 is 2.28 bits per heavy atom. The fourth-order valence-corrected chi connectivity index (χ4v) is 5.27. The van der Waals surface area contributed by atoms with Crippen molar-refractivity contribution in [1.29, 1.82) is 0 Å². The summed E-state index contributed by atoms with van der Waals surface area (Å²) in [6.07, 6.45) is 12.0. The molecule has 2 aromatic carbocycles. The molecule has 0 aliphatic heterocycles. The molecule has 5 rings (SSSR count). The van der Waals surface area contributed by atoms with Crippen LogP contribution >= 0.6 is 0 Å². The Hall–Kier alpha value is -2.88. The Morgan fingerprint density at radius 1 is 1.00 bits per heavy atom. The van der Waals surface area contributed by atoms with E-state index in [0.29, 0.717) is 24.2 Å². The number of benzene rings is 2. The van der Waals surface area contributed by atoms with Crippen LogP contribution < -0.4 is 4.74 Å². The third-order valence-corrected chi connectivity index (χ3v) is 8.20. The lowest BCUT2D eigenvalue weighted by Crippen LogP contribution is -2.32. The van der Waals surface area contributed by atoms with Crippen LogP contribution in [0.25, 0.3) is 11.5 Å². The molecule has 0 atom stereocenters. The maximum Gasteiger partial charge on any atom is 0.226 e. The van der Waals surface area contributed by atoms with Crippen molar-refractivity contribution in [2.24, 2.45) is 11.3 Å². The molecular formula is C35H47NO3. The Kier molecular flexibility index (Phi) is 10.0. The maximum atomic E-state index is 11.4. The second kappa shape index (κ2) is 13.5. The first-order chi connectivity index (χ1) is 18.8. The molecule has 39 heavy (non-hydrogen) atoms. The van der Waals surface area contributed by atoms with Gasteiger partial charge in [-0.2, -0.15) is 0 Å². The minimum absolute atomic E-state index is 0.106. The van der Waals surface area contributed by atoms with Crippen molar-refractivity contribution in [2.45, 2.75) is 105 Å². The summed E-state index contributed by atoms with van der Waals surface area (Å²) in [6, 6.07) is 16.8. The molecule has 2 aliphatic carbocycles.